The number of thiazole rings is 1. The summed E-state index contributed by atoms with van der Waals surface area (Å²) in [6.07, 6.45) is 3.33. The molecule has 0 unspecified atom stereocenters. The molecule has 6 heteroatoms. The van der Waals surface area contributed by atoms with Crippen molar-refractivity contribution in [1.29, 1.82) is 0 Å². The van der Waals surface area contributed by atoms with Crippen molar-refractivity contribution in [2.45, 2.75) is 0 Å². The van der Waals surface area contributed by atoms with E-state index in [2.05, 4.69) is 15.5 Å². The van der Waals surface area contributed by atoms with Crippen LogP contribution in [0, 0.1) is 0 Å². The number of aromatic hydroxyl groups is 1. The van der Waals surface area contributed by atoms with E-state index in [1.54, 1.807) is 30.6 Å². The van der Waals surface area contributed by atoms with E-state index in [1.807, 2.05) is 5.38 Å². The Morgan fingerprint density at radius 3 is 3.12 bits per heavy atom. The number of hydrogen-bond donors (Lipinski definition) is 2. The van der Waals surface area contributed by atoms with Gasteiger partial charge in [-0.2, -0.15) is 5.10 Å². The number of hydrazone groups is 1. The van der Waals surface area contributed by atoms with E-state index in [-0.39, 0.29) is 5.75 Å². The van der Waals surface area contributed by atoms with E-state index in [9.17, 15) is 5.11 Å². The number of phenols is 1. The Labute approximate surface area is 102 Å². The van der Waals surface area contributed by atoms with Gasteiger partial charge in [-0.05, 0) is 23.8 Å². The maximum absolute atomic E-state index is 9.42. The zero-order valence-electron chi connectivity index (χ0n) is 9.12. The number of nitrogens with one attached hydrogen (secondary N) is 1. The highest BCUT2D eigenvalue weighted by atomic mass is 32.1. The first kappa shape index (κ1) is 11.4. The second-order valence-corrected chi connectivity index (χ2v) is 4.03. The van der Waals surface area contributed by atoms with Crippen LogP contribution in [-0.2, 0) is 0 Å². The van der Waals surface area contributed by atoms with E-state index in [0.29, 0.717) is 5.75 Å². The van der Waals surface area contributed by atoms with Crippen LogP contribution < -0.4 is 10.2 Å². The molecule has 5 nitrogen and oxygen atoms in total. The van der Waals surface area contributed by atoms with Crippen LogP contribution in [0.25, 0.3) is 0 Å². The summed E-state index contributed by atoms with van der Waals surface area (Å²) in [5, 5.41) is 16.0. The Morgan fingerprint density at radius 2 is 2.41 bits per heavy atom. The maximum Gasteiger partial charge on any atom is 0.203 e. The van der Waals surface area contributed by atoms with Crippen molar-refractivity contribution in [3.05, 3.63) is 35.3 Å². The summed E-state index contributed by atoms with van der Waals surface area (Å²) in [6.45, 7) is 0. The molecule has 88 valence electrons. The van der Waals surface area contributed by atoms with Gasteiger partial charge in [0.2, 0.25) is 5.13 Å². The minimum atomic E-state index is 0.109. The number of rotatable bonds is 4. The van der Waals surface area contributed by atoms with Gasteiger partial charge in [-0.1, -0.05) is 0 Å². The molecular formula is C11H11N3O2S. The van der Waals surface area contributed by atoms with Gasteiger partial charge < -0.3 is 9.84 Å². The number of methoxy groups -OCH3 is 1. The van der Waals surface area contributed by atoms with Crippen molar-refractivity contribution >= 4 is 22.7 Å². The minimum Gasteiger partial charge on any atom is -0.504 e. The fourth-order valence-electron chi connectivity index (χ4n) is 1.22. The van der Waals surface area contributed by atoms with Crippen LogP contribution >= 0.6 is 11.3 Å². The summed E-state index contributed by atoms with van der Waals surface area (Å²) in [5.41, 5.74) is 3.62. The first-order valence-electron chi connectivity index (χ1n) is 4.85. The van der Waals surface area contributed by atoms with E-state index in [0.717, 1.165) is 10.7 Å². The lowest BCUT2D eigenvalue weighted by Gasteiger charge is -2.03. The monoisotopic (exact) mass is 249 g/mol. The highest BCUT2D eigenvalue weighted by Crippen LogP contribution is 2.25. The van der Waals surface area contributed by atoms with Gasteiger partial charge >= 0.3 is 0 Å². The van der Waals surface area contributed by atoms with Gasteiger partial charge in [-0.3, -0.25) is 5.43 Å². The summed E-state index contributed by atoms with van der Waals surface area (Å²) in [5.74, 6) is 0.528. The summed E-state index contributed by atoms with van der Waals surface area (Å²) < 4.78 is 5.00. The van der Waals surface area contributed by atoms with Gasteiger partial charge in [0.05, 0.1) is 13.3 Å². The zero-order valence-corrected chi connectivity index (χ0v) is 9.94. The second-order valence-electron chi connectivity index (χ2n) is 3.14. The number of aromatic nitrogens is 1. The highest BCUT2D eigenvalue weighted by molar-refractivity contribution is 7.13. The quantitative estimate of drug-likeness (QED) is 0.644. The van der Waals surface area contributed by atoms with Crippen molar-refractivity contribution in [3.8, 4) is 11.5 Å². The molecule has 0 spiro atoms. The lowest BCUT2D eigenvalue weighted by molar-refractivity contribution is 0.373. The van der Waals surface area contributed by atoms with Crippen LogP contribution in [0.4, 0.5) is 5.13 Å². The number of benzene rings is 1. The summed E-state index contributed by atoms with van der Waals surface area (Å²) >= 11 is 1.47. The van der Waals surface area contributed by atoms with Crippen LogP contribution in [0.5, 0.6) is 11.5 Å². The van der Waals surface area contributed by atoms with Crippen LogP contribution in [-0.4, -0.2) is 23.4 Å². The smallest absolute Gasteiger partial charge is 0.203 e. The Balaban J connectivity index is 2.05. The van der Waals surface area contributed by atoms with Gasteiger partial charge in [0, 0.05) is 11.6 Å². The van der Waals surface area contributed by atoms with Gasteiger partial charge in [0.1, 0.15) is 0 Å². The lowest BCUT2D eigenvalue weighted by Crippen LogP contribution is -1.91. The molecule has 1 aromatic carbocycles. The third kappa shape index (κ3) is 2.94. The van der Waals surface area contributed by atoms with E-state index in [4.69, 9.17) is 4.74 Å². The number of ether oxygens (including phenoxy) is 1. The second kappa shape index (κ2) is 5.31. The van der Waals surface area contributed by atoms with Gasteiger partial charge in [-0.25, -0.2) is 4.98 Å². The molecule has 0 saturated heterocycles. The first-order chi connectivity index (χ1) is 8.29. The number of anilines is 1. The average Bonchev–Trinajstić information content (AvgIpc) is 2.84. The Kier molecular flexibility index (Phi) is 3.56. The van der Waals surface area contributed by atoms with Crippen LogP contribution in [0.15, 0.2) is 34.9 Å². The van der Waals surface area contributed by atoms with E-state index in [1.165, 1.54) is 18.4 Å². The highest BCUT2D eigenvalue weighted by Gasteiger charge is 2.00. The van der Waals surface area contributed by atoms with Crippen molar-refractivity contribution in [1.82, 2.24) is 4.98 Å². The van der Waals surface area contributed by atoms with Gasteiger partial charge in [0.25, 0.3) is 0 Å². The molecule has 1 aromatic heterocycles. The average molecular weight is 249 g/mol. The Bertz CT molecular complexity index is 511. The minimum absolute atomic E-state index is 0.109. The van der Waals surface area contributed by atoms with Crippen LogP contribution in [0.2, 0.25) is 0 Å². The number of phenolic OH excluding ortho intramolecular Hbond substituents is 1. The molecule has 0 fully saturated rings. The molecule has 0 saturated carbocycles. The largest absolute Gasteiger partial charge is 0.504 e. The molecule has 0 bridgehead atoms. The Hall–Kier alpha value is -2.08. The topological polar surface area (TPSA) is 66.7 Å². The number of hydrogen-bond acceptors (Lipinski definition) is 6. The molecular weight excluding hydrogens is 238 g/mol. The van der Waals surface area contributed by atoms with Crippen LogP contribution in [0.3, 0.4) is 0 Å². The fraction of sp³-hybridized carbons (Fsp3) is 0.0909. The first-order valence-corrected chi connectivity index (χ1v) is 5.73. The summed E-state index contributed by atoms with van der Waals surface area (Å²) in [4.78, 5) is 4.02. The lowest BCUT2D eigenvalue weighted by atomic mass is 10.2. The molecule has 0 aliphatic rings. The van der Waals surface area contributed by atoms with E-state index >= 15 is 0 Å². The van der Waals surface area contributed by atoms with Crippen molar-refractivity contribution in [2.75, 3.05) is 12.5 Å². The molecule has 0 amide bonds. The molecule has 2 N–H and O–H groups in total. The standard InChI is InChI=1S/C11H11N3O2S/c1-16-10-6-8(2-3-9(10)15)7-13-14-11-12-4-5-17-11/h2-7,15H,1H3,(H,12,14)/b13-7-. The molecule has 0 aliphatic carbocycles. The van der Waals surface area contributed by atoms with Crippen LogP contribution in [0.1, 0.15) is 5.56 Å². The fourth-order valence-corrected chi connectivity index (χ4v) is 1.69. The normalized spacial score (nSPS) is 10.6. The molecule has 0 radical (unpaired) electrons. The summed E-state index contributed by atoms with van der Waals surface area (Å²) in [6, 6.07) is 5.00. The molecule has 17 heavy (non-hydrogen) atoms. The van der Waals surface area contributed by atoms with E-state index < -0.39 is 0 Å². The number of nitrogens with zero attached hydrogens (tertiary/aromatic N) is 2. The predicted octanol–water partition coefficient (Wildman–Crippen LogP) is 2.30. The maximum atomic E-state index is 9.42. The third-order valence-electron chi connectivity index (χ3n) is 2.01. The SMILES string of the molecule is COc1cc(/C=N\Nc2nccs2)ccc1O. The van der Waals surface area contributed by atoms with Crippen molar-refractivity contribution in [2.24, 2.45) is 5.10 Å². The van der Waals surface area contributed by atoms with Crippen molar-refractivity contribution in [3.63, 3.8) is 0 Å². The van der Waals surface area contributed by atoms with Crippen molar-refractivity contribution < 1.29 is 9.84 Å². The zero-order chi connectivity index (χ0) is 12.1. The molecule has 1 heterocycles. The van der Waals surface area contributed by atoms with Gasteiger partial charge in [-0.15, -0.1) is 11.3 Å². The molecule has 2 aromatic rings. The Morgan fingerprint density at radius 1 is 1.53 bits per heavy atom. The van der Waals surface area contributed by atoms with Gasteiger partial charge in [0.15, 0.2) is 11.5 Å². The molecule has 2 rings (SSSR count). The molecule has 0 aliphatic heterocycles. The summed E-state index contributed by atoms with van der Waals surface area (Å²) in [7, 11) is 1.50. The predicted molar refractivity (Wildman–Crippen MR) is 68.0 cm³/mol. The third-order valence-corrected chi connectivity index (χ3v) is 2.69. The molecule has 0 atom stereocenters.